The normalized spacial score (nSPS) is 15.2. The number of pyridine rings is 1. The first-order chi connectivity index (χ1) is 15.8. The molecule has 4 rings (SSSR count). The van der Waals surface area contributed by atoms with Gasteiger partial charge < -0.3 is 10.2 Å². The highest BCUT2D eigenvalue weighted by Crippen LogP contribution is 2.30. The summed E-state index contributed by atoms with van der Waals surface area (Å²) in [7, 11) is 0. The number of fused-ring (bicyclic) bond motifs is 1. The highest BCUT2D eigenvalue weighted by molar-refractivity contribution is 7.96. The molecule has 178 valence electrons. The molecule has 0 amide bonds. The van der Waals surface area contributed by atoms with E-state index in [0.717, 1.165) is 44.1 Å². The Kier molecular flexibility index (Phi) is 7.40. The summed E-state index contributed by atoms with van der Waals surface area (Å²) in [6.45, 7) is 4.56. The van der Waals surface area contributed by atoms with Gasteiger partial charge in [-0.1, -0.05) is 11.9 Å². The molecule has 1 atom stereocenters. The maximum Gasteiger partial charge on any atom is 0.417 e. The Bertz CT molecular complexity index is 1070. The number of anilines is 1. The van der Waals surface area contributed by atoms with Gasteiger partial charge in [0, 0.05) is 44.1 Å². The third kappa shape index (κ3) is 6.15. The molecule has 0 aliphatic heterocycles. The lowest BCUT2D eigenvalue weighted by Gasteiger charge is -2.26. The molecule has 3 aromatic rings. The Morgan fingerprint density at radius 2 is 2.03 bits per heavy atom. The molecule has 11 heteroatoms. The van der Waals surface area contributed by atoms with Crippen LogP contribution in [0.4, 0.5) is 19.0 Å². The number of hydrogen-bond donors (Lipinski definition) is 2. The molecule has 1 aliphatic rings. The van der Waals surface area contributed by atoms with Crippen LogP contribution in [0.5, 0.6) is 0 Å². The summed E-state index contributed by atoms with van der Waals surface area (Å²) in [5, 5.41) is 3.53. The minimum Gasteiger partial charge on any atom is -0.355 e. The zero-order valence-electron chi connectivity index (χ0n) is 18.6. The molecular weight excluding hydrogens is 451 g/mol. The predicted molar refractivity (Wildman–Crippen MR) is 125 cm³/mol. The van der Waals surface area contributed by atoms with Gasteiger partial charge in [-0.05, 0) is 50.6 Å². The van der Waals surface area contributed by atoms with Crippen molar-refractivity contribution in [1.82, 2.24) is 29.4 Å². The van der Waals surface area contributed by atoms with Crippen LogP contribution in [-0.2, 0) is 6.18 Å². The molecule has 0 saturated heterocycles. The smallest absolute Gasteiger partial charge is 0.355 e. The number of nitrogens with one attached hydrogen (secondary N) is 2. The second kappa shape index (κ2) is 10.3. The lowest BCUT2D eigenvalue weighted by Crippen LogP contribution is -2.36. The van der Waals surface area contributed by atoms with Crippen molar-refractivity contribution in [2.24, 2.45) is 0 Å². The van der Waals surface area contributed by atoms with Gasteiger partial charge in [0.15, 0.2) is 5.82 Å². The molecule has 0 radical (unpaired) electrons. The van der Waals surface area contributed by atoms with Crippen LogP contribution in [0.3, 0.4) is 0 Å². The van der Waals surface area contributed by atoms with Crippen LogP contribution in [-0.4, -0.2) is 57.3 Å². The zero-order valence-corrected chi connectivity index (χ0v) is 19.5. The quantitative estimate of drug-likeness (QED) is 0.403. The van der Waals surface area contributed by atoms with Crippen LogP contribution in [0, 0.1) is 0 Å². The standard InChI is InChI=1S/C22H28F3N7S/c1-15(30-33-2)8-11-31(12-10-26-17-4-5-17)20-7-9-27-21(29-20)18-13-28-19-6-3-16(14-32(18)19)22(23,24)25/h3,6-7,9,13-15,17,26,30H,4-5,8,10-12H2,1-2H3. The second-order valence-corrected chi connectivity index (χ2v) is 8.90. The van der Waals surface area contributed by atoms with Gasteiger partial charge >= 0.3 is 6.18 Å². The van der Waals surface area contributed by atoms with Crippen LogP contribution in [0.15, 0.2) is 36.8 Å². The largest absolute Gasteiger partial charge is 0.417 e. The van der Waals surface area contributed by atoms with E-state index >= 15 is 0 Å². The van der Waals surface area contributed by atoms with Crippen LogP contribution in [0.2, 0.25) is 0 Å². The van der Waals surface area contributed by atoms with Crippen molar-refractivity contribution in [2.75, 3.05) is 30.8 Å². The average molecular weight is 480 g/mol. The van der Waals surface area contributed by atoms with Crippen molar-refractivity contribution < 1.29 is 13.2 Å². The van der Waals surface area contributed by atoms with E-state index in [-0.39, 0.29) is 0 Å². The van der Waals surface area contributed by atoms with Crippen LogP contribution >= 0.6 is 11.9 Å². The number of rotatable bonds is 11. The molecule has 3 heterocycles. The molecule has 2 N–H and O–H groups in total. The maximum atomic E-state index is 13.2. The molecule has 1 aliphatic carbocycles. The third-order valence-corrected chi connectivity index (χ3v) is 6.21. The van der Waals surface area contributed by atoms with Gasteiger partial charge in [-0.2, -0.15) is 13.2 Å². The van der Waals surface area contributed by atoms with E-state index in [2.05, 4.69) is 31.8 Å². The van der Waals surface area contributed by atoms with Gasteiger partial charge in [-0.25, -0.2) is 15.0 Å². The highest BCUT2D eigenvalue weighted by Gasteiger charge is 2.31. The highest BCUT2D eigenvalue weighted by atomic mass is 32.2. The van der Waals surface area contributed by atoms with Crippen molar-refractivity contribution in [3.63, 3.8) is 0 Å². The van der Waals surface area contributed by atoms with Gasteiger partial charge in [0.05, 0.1) is 11.8 Å². The van der Waals surface area contributed by atoms with Gasteiger partial charge in [-0.15, -0.1) is 0 Å². The third-order valence-electron chi connectivity index (χ3n) is 5.57. The summed E-state index contributed by atoms with van der Waals surface area (Å²) in [5.41, 5.74) is 0.0920. The summed E-state index contributed by atoms with van der Waals surface area (Å²) in [6, 6.07) is 5.18. The molecule has 7 nitrogen and oxygen atoms in total. The van der Waals surface area contributed by atoms with Gasteiger partial charge in [0.25, 0.3) is 0 Å². The van der Waals surface area contributed by atoms with E-state index in [4.69, 9.17) is 4.98 Å². The van der Waals surface area contributed by atoms with E-state index in [1.54, 1.807) is 18.1 Å². The summed E-state index contributed by atoms with van der Waals surface area (Å²) < 4.78 is 44.4. The topological polar surface area (TPSA) is 70.4 Å². The summed E-state index contributed by atoms with van der Waals surface area (Å²) in [6.07, 6.45) is 5.14. The van der Waals surface area contributed by atoms with Crippen LogP contribution < -0.4 is 14.9 Å². The molecular formula is C22H28F3N7S. The Balaban J connectivity index is 1.59. The van der Waals surface area contributed by atoms with E-state index in [9.17, 15) is 13.2 Å². The molecule has 1 fully saturated rings. The molecule has 1 unspecified atom stereocenters. The first-order valence-corrected chi connectivity index (χ1v) is 12.2. The predicted octanol–water partition coefficient (Wildman–Crippen LogP) is 4.01. The van der Waals surface area contributed by atoms with Gasteiger partial charge in [0.1, 0.15) is 17.2 Å². The SMILES string of the molecule is CSNC(C)CCN(CCNC1CC1)c1ccnc(-c2cnc3ccc(C(F)(F)F)cn23)n1. The minimum atomic E-state index is -4.44. The molecule has 0 bridgehead atoms. The number of hydrogen-bond acceptors (Lipinski definition) is 7. The molecule has 33 heavy (non-hydrogen) atoms. The van der Waals surface area contributed by atoms with Gasteiger partial charge in [-0.3, -0.25) is 9.12 Å². The van der Waals surface area contributed by atoms with Crippen molar-refractivity contribution in [1.29, 1.82) is 0 Å². The fourth-order valence-electron chi connectivity index (χ4n) is 3.60. The lowest BCUT2D eigenvalue weighted by molar-refractivity contribution is -0.137. The van der Waals surface area contributed by atoms with E-state index < -0.39 is 11.7 Å². The van der Waals surface area contributed by atoms with Crippen LogP contribution in [0.1, 0.15) is 31.7 Å². The van der Waals surface area contributed by atoms with E-state index in [0.29, 0.717) is 29.2 Å². The van der Waals surface area contributed by atoms with Crippen molar-refractivity contribution >= 4 is 23.4 Å². The minimum absolute atomic E-state index is 0.333. The molecule has 3 aromatic heterocycles. The fraction of sp³-hybridized carbons (Fsp3) is 0.500. The molecule has 0 spiro atoms. The van der Waals surface area contributed by atoms with Crippen molar-refractivity contribution in [2.45, 2.75) is 44.4 Å². The molecule has 0 aromatic carbocycles. The monoisotopic (exact) mass is 479 g/mol. The Labute approximate surface area is 195 Å². The summed E-state index contributed by atoms with van der Waals surface area (Å²) in [4.78, 5) is 15.5. The number of aromatic nitrogens is 4. The maximum absolute atomic E-state index is 13.2. The number of imidazole rings is 1. The van der Waals surface area contributed by atoms with Crippen molar-refractivity contribution in [3.05, 3.63) is 42.4 Å². The van der Waals surface area contributed by atoms with Crippen molar-refractivity contribution in [3.8, 4) is 11.5 Å². The number of nitrogens with zero attached hydrogens (tertiary/aromatic N) is 5. The average Bonchev–Trinajstić information content (AvgIpc) is 3.51. The second-order valence-electron chi connectivity index (χ2n) is 8.25. The zero-order chi connectivity index (χ0) is 23.4. The van der Waals surface area contributed by atoms with E-state index in [1.807, 2.05) is 12.3 Å². The summed E-state index contributed by atoms with van der Waals surface area (Å²) >= 11 is 1.60. The Morgan fingerprint density at radius 3 is 2.76 bits per heavy atom. The van der Waals surface area contributed by atoms with Gasteiger partial charge in [0.2, 0.25) is 0 Å². The fourth-order valence-corrected chi connectivity index (χ4v) is 4.12. The van der Waals surface area contributed by atoms with Crippen LogP contribution in [0.25, 0.3) is 17.2 Å². The first-order valence-electron chi connectivity index (χ1n) is 11.0. The molecule has 1 saturated carbocycles. The Morgan fingerprint density at radius 1 is 1.21 bits per heavy atom. The number of halogens is 3. The summed E-state index contributed by atoms with van der Waals surface area (Å²) in [5.74, 6) is 1.09. The Hall–Kier alpha value is -2.37. The number of alkyl halides is 3. The lowest BCUT2D eigenvalue weighted by atomic mass is 10.2. The van der Waals surface area contributed by atoms with E-state index in [1.165, 1.54) is 29.5 Å². The first kappa shape index (κ1) is 23.8.